The fourth-order valence-electron chi connectivity index (χ4n) is 4.20. The number of hydrogen-bond acceptors (Lipinski definition) is 3. The Morgan fingerprint density at radius 1 is 1.09 bits per heavy atom. The van der Waals surface area contributed by atoms with Crippen molar-refractivity contribution < 1.29 is 9.47 Å². The third kappa shape index (κ3) is 2.69. The van der Waals surface area contributed by atoms with Crippen molar-refractivity contribution in [3.8, 4) is 11.5 Å². The average molecular weight is 301 g/mol. The molecule has 0 aliphatic heterocycles. The van der Waals surface area contributed by atoms with Gasteiger partial charge in [0, 0.05) is 11.6 Å². The van der Waals surface area contributed by atoms with Crippen molar-refractivity contribution in [2.24, 2.45) is 23.7 Å². The number of para-hydroxylation sites is 1. The van der Waals surface area contributed by atoms with Gasteiger partial charge < -0.3 is 14.8 Å². The lowest BCUT2D eigenvalue weighted by atomic mass is 9.73. The van der Waals surface area contributed by atoms with E-state index in [2.05, 4.69) is 31.3 Å². The van der Waals surface area contributed by atoms with Gasteiger partial charge in [0.05, 0.1) is 19.9 Å². The molecule has 3 heteroatoms. The van der Waals surface area contributed by atoms with Gasteiger partial charge in [-0.2, -0.15) is 0 Å². The highest BCUT2D eigenvalue weighted by atomic mass is 16.5. The molecule has 1 N–H and O–H groups in total. The van der Waals surface area contributed by atoms with E-state index in [1.54, 1.807) is 14.2 Å². The van der Waals surface area contributed by atoms with E-state index in [1.807, 2.05) is 12.1 Å². The lowest BCUT2D eigenvalue weighted by Crippen LogP contribution is -2.26. The minimum atomic E-state index is 0.662. The zero-order valence-electron chi connectivity index (χ0n) is 14.1. The van der Waals surface area contributed by atoms with Crippen LogP contribution in [0.1, 0.15) is 33.1 Å². The van der Waals surface area contributed by atoms with Crippen LogP contribution in [0.2, 0.25) is 0 Å². The largest absolute Gasteiger partial charge is 0.493 e. The summed E-state index contributed by atoms with van der Waals surface area (Å²) < 4.78 is 10.9. The molecule has 0 saturated heterocycles. The van der Waals surface area contributed by atoms with Crippen LogP contribution in [0.5, 0.6) is 11.5 Å². The number of rotatable bonds is 4. The second kappa shape index (κ2) is 6.23. The van der Waals surface area contributed by atoms with Crippen molar-refractivity contribution in [1.29, 1.82) is 0 Å². The molecule has 0 heterocycles. The number of benzene rings is 1. The zero-order valence-corrected chi connectivity index (χ0v) is 14.1. The first-order valence-electron chi connectivity index (χ1n) is 8.33. The molecule has 1 fully saturated rings. The lowest BCUT2D eigenvalue weighted by molar-refractivity contribution is 0.203. The van der Waals surface area contributed by atoms with Crippen LogP contribution in [-0.4, -0.2) is 14.2 Å². The quantitative estimate of drug-likeness (QED) is 0.874. The second-order valence-corrected chi connectivity index (χ2v) is 6.84. The third-order valence-corrected chi connectivity index (χ3v) is 5.37. The van der Waals surface area contributed by atoms with Gasteiger partial charge >= 0.3 is 0 Å². The lowest BCUT2D eigenvalue weighted by Gasteiger charge is -2.34. The molecule has 0 radical (unpaired) electrons. The van der Waals surface area contributed by atoms with Crippen LogP contribution in [0.25, 0.3) is 0 Å². The standard InChI is InChI=1S/C19H27NO2/c1-12-8-9-14-13(2)11-17(15(14)10-12)20-16-6-5-7-18(21-3)19(16)22-4/h5-7,11-15,20H,8-10H2,1-4H3/t12-,13?,14+,15-/m1/s1. The summed E-state index contributed by atoms with van der Waals surface area (Å²) in [5.41, 5.74) is 2.37. The van der Waals surface area contributed by atoms with E-state index in [0.717, 1.165) is 29.0 Å². The highest BCUT2D eigenvalue weighted by Crippen LogP contribution is 2.48. The smallest absolute Gasteiger partial charge is 0.184 e. The molecule has 2 aliphatic rings. The highest BCUT2D eigenvalue weighted by molar-refractivity contribution is 5.65. The molecule has 0 aromatic heterocycles. The molecule has 1 saturated carbocycles. The molecule has 1 unspecified atom stereocenters. The predicted molar refractivity (Wildman–Crippen MR) is 90.4 cm³/mol. The molecule has 1 aromatic carbocycles. The predicted octanol–water partition coefficient (Wildman–Crippen LogP) is 4.70. The van der Waals surface area contributed by atoms with Gasteiger partial charge in [0.25, 0.3) is 0 Å². The SMILES string of the molecule is COc1cccc(NC2=CC(C)[C@@H]3CC[C@@H](C)C[C@@H]23)c1OC. The molecule has 4 atom stereocenters. The van der Waals surface area contributed by atoms with Crippen molar-refractivity contribution >= 4 is 5.69 Å². The Hall–Kier alpha value is -1.64. The summed E-state index contributed by atoms with van der Waals surface area (Å²) in [6.45, 7) is 4.73. The molecule has 0 bridgehead atoms. The second-order valence-electron chi connectivity index (χ2n) is 6.84. The van der Waals surface area contributed by atoms with Crippen molar-refractivity contribution in [2.75, 3.05) is 19.5 Å². The maximum absolute atomic E-state index is 5.55. The minimum absolute atomic E-state index is 0.662. The van der Waals surface area contributed by atoms with E-state index < -0.39 is 0 Å². The first-order valence-corrected chi connectivity index (χ1v) is 8.33. The molecular formula is C19H27NO2. The molecule has 2 aliphatic carbocycles. The molecule has 22 heavy (non-hydrogen) atoms. The zero-order chi connectivity index (χ0) is 15.7. The molecule has 0 amide bonds. The van der Waals surface area contributed by atoms with Crippen LogP contribution in [0.3, 0.4) is 0 Å². The Kier molecular flexibility index (Phi) is 4.32. The van der Waals surface area contributed by atoms with E-state index in [4.69, 9.17) is 9.47 Å². The fraction of sp³-hybridized carbons (Fsp3) is 0.579. The number of hydrogen-bond donors (Lipinski definition) is 1. The first-order chi connectivity index (χ1) is 10.6. The van der Waals surface area contributed by atoms with E-state index >= 15 is 0 Å². The summed E-state index contributed by atoms with van der Waals surface area (Å²) in [6, 6.07) is 6.00. The number of fused-ring (bicyclic) bond motifs is 1. The van der Waals surface area contributed by atoms with Crippen LogP contribution in [0, 0.1) is 23.7 Å². The van der Waals surface area contributed by atoms with E-state index in [-0.39, 0.29) is 0 Å². The third-order valence-electron chi connectivity index (χ3n) is 5.37. The van der Waals surface area contributed by atoms with Gasteiger partial charge in [-0.25, -0.2) is 0 Å². The normalized spacial score (nSPS) is 30.5. The van der Waals surface area contributed by atoms with Crippen molar-refractivity contribution in [1.82, 2.24) is 0 Å². The Morgan fingerprint density at radius 3 is 2.64 bits per heavy atom. The van der Waals surface area contributed by atoms with Crippen molar-refractivity contribution in [3.05, 3.63) is 30.0 Å². The monoisotopic (exact) mass is 301 g/mol. The summed E-state index contributed by atoms with van der Waals surface area (Å²) in [6.07, 6.45) is 6.44. The van der Waals surface area contributed by atoms with Gasteiger partial charge in [-0.1, -0.05) is 32.4 Å². The number of nitrogens with one attached hydrogen (secondary N) is 1. The number of methoxy groups -OCH3 is 2. The maximum Gasteiger partial charge on any atom is 0.184 e. The molecule has 120 valence electrons. The number of ether oxygens (including phenoxy) is 2. The van der Waals surface area contributed by atoms with Crippen LogP contribution in [-0.2, 0) is 0 Å². The Labute approximate surface area is 133 Å². The molecular weight excluding hydrogens is 274 g/mol. The van der Waals surface area contributed by atoms with Gasteiger partial charge in [0.2, 0.25) is 0 Å². The fourth-order valence-corrected chi connectivity index (χ4v) is 4.20. The minimum Gasteiger partial charge on any atom is -0.493 e. The van der Waals surface area contributed by atoms with E-state index in [0.29, 0.717) is 11.8 Å². The van der Waals surface area contributed by atoms with Crippen LogP contribution >= 0.6 is 0 Å². The van der Waals surface area contributed by atoms with Crippen LogP contribution in [0.4, 0.5) is 5.69 Å². The van der Waals surface area contributed by atoms with Crippen molar-refractivity contribution in [2.45, 2.75) is 33.1 Å². The van der Waals surface area contributed by atoms with Gasteiger partial charge in [0.15, 0.2) is 11.5 Å². The summed E-state index contributed by atoms with van der Waals surface area (Å²) in [4.78, 5) is 0. The highest BCUT2D eigenvalue weighted by Gasteiger charge is 2.38. The van der Waals surface area contributed by atoms with Gasteiger partial charge in [0.1, 0.15) is 0 Å². The molecule has 0 spiro atoms. The number of anilines is 1. The van der Waals surface area contributed by atoms with Crippen LogP contribution < -0.4 is 14.8 Å². The summed E-state index contributed by atoms with van der Waals surface area (Å²) in [5.74, 6) is 4.50. The maximum atomic E-state index is 5.55. The molecule has 1 aromatic rings. The van der Waals surface area contributed by atoms with Gasteiger partial charge in [-0.15, -0.1) is 0 Å². The van der Waals surface area contributed by atoms with Crippen LogP contribution in [0.15, 0.2) is 30.0 Å². The Morgan fingerprint density at radius 2 is 1.91 bits per heavy atom. The summed E-state index contributed by atoms with van der Waals surface area (Å²) in [7, 11) is 3.37. The molecule has 3 nitrogen and oxygen atoms in total. The molecule has 3 rings (SSSR count). The van der Waals surface area contributed by atoms with Crippen molar-refractivity contribution in [3.63, 3.8) is 0 Å². The van der Waals surface area contributed by atoms with E-state index in [1.165, 1.54) is 25.0 Å². The van der Waals surface area contributed by atoms with Gasteiger partial charge in [-0.3, -0.25) is 0 Å². The Bertz CT molecular complexity index is 567. The average Bonchev–Trinajstić information content (AvgIpc) is 2.82. The Balaban J connectivity index is 1.85. The van der Waals surface area contributed by atoms with E-state index in [9.17, 15) is 0 Å². The topological polar surface area (TPSA) is 30.5 Å². The summed E-state index contributed by atoms with van der Waals surface area (Å²) >= 11 is 0. The van der Waals surface area contributed by atoms with Gasteiger partial charge in [-0.05, 0) is 42.7 Å². The number of allylic oxidation sites excluding steroid dienone is 2. The first kappa shape index (κ1) is 15.3. The summed E-state index contributed by atoms with van der Waals surface area (Å²) in [5, 5.41) is 3.64.